The van der Waals surface area contributed by atoms with Gasteiger partial charge in [0.15, 0.2) is 0 Å². The molecular weight excluding hydrogens is 278 g/mol. The van der Waals surface area contributed by atoms with Gasteiger partial charge in [-0.05, 0) is 48.4 Å². The Morgan fingerprint density at radius 1 is 1.05 bits per heavy atom. The first-order valence-electron chi connectivity index (χ1n) is 7.08. The zero-order valence-electron chi connectivity index (χ0n) is 12.6. The van der Waals surface area contributed by atoms with Crippen LogP contribution in [0.3, 0.4) is 0 Å². The standard InChI is InChI=1S/C17H21N3O2/c1-22-11-16(10-12-2-6-14(18)7-3-12)20-17(21)13-4-8-15(19)9-5-13/h2-9,16H,10-11,18-19H2,1H3,(H,20,21). The maximum atomic E-state index is 12.3. The molecule has 2 rings (SSSR count). The van der Waals surface area contributed by atoms with Crippen LogP contribution in [0.15, 0.2) is 48.5 Å². The summed E-state index contributed by atoms with van der Waals surface area (Å²) in [6.45, 7) is 0.436. The number of ether oxygens (including phenoxy) is 1. The van der Waals surface area contributed by atoms with Crippen molar-refractivity contribution >= 4 is 17.3 Å². The summed E-state index contributed by atoms with van der Waals surface area (Å²) in [7, 11) is 1.62. The van der Waals surface area contributed by atoms with Gasteiger partial charge in [-0.1, -0.05) is 12.1 Å². The number of anilines is 2. The average Bonchev–Trinajstić information content (AvgIpc) is 2.50. The molecule has 2 aromatic rings. The maximum absolute atomic E-state index is 12.3. The van der Waals surface area contributed by atoms with Crippen LogP contribution in [0.2, 0.25) is 0 Å². The van der Waals surface area contributed by atoms with E-state index in [1.54, 1.807) is 31.4 Å². The minimum absolute atomic E-state index is 0.112. The third kappa shape index (κ3) is 4.49. The van der Waals surface area contributed by atoms with Crippen molar-refractivity contribution < 1.29 is 9.53 Å². The summed E-state index contributed by atoms with van der Waals surface area (Å²) in [5.74, 6) is -0.141. The van der Waals surface area contributed by atoms with Crippen LogP contribution in [0.4, 0.5) is 11.4 Å². The van der Waals surface area contributed by atoms with Crippen LogP contribution in [0.5, 0.6) is 0 Å². The van der Waals surface area contributed by atoms with E-state index in [1.807, 2.05) is 24.3 Å². The van der Waals surface area contributed by atoms with Crippen molar-refractivity contribution in [2.75, 3.05) is 25.2 Å². The molecule has 5 heteroatoms. The minimum atomic E-state index is -0.141. The van der Waals surface area contributed by atoms with Crippen molar-refractivity contribution in [3.05, 3.63) is 59.7 Å². The Kier molecular flexibility index (Phi) is 5.38. The summed E-state index contributed by atoms with van der Waals surface area (Å²) in [4.78, 5) is 12.3. The molecule has 5 nitrogen and oxygen atoms in total. The predicted octanol–water partition coefficient (Wildman–Crippen LogP) is 1.84. The normalized spacial score (nSPS) is 11.9. The van der Waals surface area contributed by atoms with Gasteiger partial charge in [0.2, 0.25) is 0 Å². The van der Waals surface area contributed by atoms with Gasteiger partial charge in [0.25, 0.3) is 5.91 Å². The molecular formula is C17H21N3O2. The second-order valence-corrected chi connectivity index (χ2v) is 5.19. The Bertz CT molecular complexity index is 609. The molecule has 0 aliphatic heterocycles. The molecule has 0 fully saturated rings. The Morgan fingerprint density at radius 2 is 1.59 bits per heavy atom. The largest absolute Gasteiger partial charge is 0.399 e. The highest BCUT2D eigenvalue weighted by Crippen LogP contribution is 2.10. The molecule has 116 valence electrons. The van der Waals surface area contributed by atoms with Gasteiger partial charge in [-0.3, -0.25) is 4.79 Å². The third-order valence-electron chi connectivity index (χ3n) is 3.34. The molecule has 22 heavy (non-hydrogen) atoms. The topological polar surface area (TPSA) is 90.4 Å². The van der Waals surface area contributed by atoms with E-state index >= 15 is 0 Å². The molecule has 1 amide bonds. The summed E-state index contributed by atoms with van der Waals surface area (Å²) in [6.07, 6.45) is 0.675. The van der Waals surface area contributed by atoms with Crippen LogP contribution >= 0.6 is 0 Å². The molecule has 1 atom stereocenters. The molecule has 1 unspecified atom stereocenters. The van der Waals surface area contributed by atoms with Gasteiger partial charge in [-0.15, -0.1) is 0 Å². The minimum Gasteiger partial charge on any atom is -0.399 e. The number of hydrogen-bond acceptors (Lipinski definition) is 4. The van der Waals surface area contributed by atoms with E-state index in [2.05, 4.69) is 5.32 Å². The Labute approximate surface area is 130 Å². The monoisotopic (exact) mass is 299 g/mol. The molecule has 5 N–H and O–H groups in total. The molecule has 0 bridgehead atoms. The third-order valence-corrected chi connectivity index (χ3v) is 3.34. The number of benzene rings is 2. The zero-order chi connectivity index (χ0) is 15.9. The van der Waals surface area contributed by atoms with Gasteiger partial charge >= 0.3 is 0 Å². The number of nitrogen functional groups attached to an aromatic ring is 2. The first kappa shape index (κ1) is 15.9. The Morgan fingerprint density at radius 3 is 2.14 bits per heavy atom. The summed E-state index contributed by atoms with van der Waals surface area (Å²) in [5, 5.41) is 2.98. The number of methoxy groups -OCH3 is 1. The van der Waals surface area contributed by atoms with Crippen LogP contribution in [0.25, 0.3) is 0 Å². The van der Waals surface area contributed by atoms with E-state index in [4.69, 9.17) is 16.2 Å². The quantitative estimate of drug-likeness (QED) is 0.710. The first-order chi connectivity index (χ1) is 10.6. The number of nitrogens with one attached hydrogen (secondary N) is 1. The molecule has 0 radical (unpaired) electrons. The molecule has 0 saturated heterocycles. The highest BCUT2D eigenvalue weighted by molar-refractivity contribution is 5.94. The Balaban J connectivity index is 2.02. The fourth-order valence-electron chi connectivity index (χ4n) is 2.19. The molecule has 0 saturated carbocycles. The molecule has 0 aliphatic carbocycles. The lowest BCUT2D eigenvalue weighted by molar-refractivity contribution is 0.0897. The highest BCUT2D eigenvalue weighted by Gasteiger charge is 2.14. The van der Waals surface area contributed by atoms with Crippen LogP contribution in [-0.2, 0) is 11.2 Å². The van der Waals surface area contributed by atoms with E-state index in [-0.39, 0.29) is 11.9 Å². The van der Waals surface area contributed by atoms with E-state index < -0.39 is 0 Å². The number of carbonyl (C=O) groups is 1. The fourth-order valence-corrected chi connectivity index (χ4v) is 2.19. The predicted molar refractivity (Wildman–Crippen MR) is 88.5 cm³/mol. The van der Waals surface area contributed by atoms with Crippen molar-refractivity contribution in [2.45, 2.75) is 12.5 Å². The lowest BCUT2D eigenvalue weighted by Gasteiger charge is -2.18. The van der Waals surface area contributed by atoms with E-state index in [1.165, 1.54) is 0 Å². The number of hydrogen-bond donors (Lipinski definition) is 3. The Hall–Kier alpha value is -2.53. The SMILES string of the molecule is COCC(Cc1ccc(N)cc1)NC(=O)c1ccc(N)cc1. The summed E-state index contributed by atoms with van der Waals surface area (Å²) >= 11 is 0. The van der Waals surface area contributed by atoms with Crippen LogP contribution < -0.4 is 16.8 Å². The zero-order valence-corrected chi connectivity index (χ0v) is 12.6. The summed E-state index contributed by atoms with van der Waals surface area (Å²) in [5.41, 5.74) is 14.3. The molecule has 0 aliphatic rings. The van der Waals surface area contributed by atoms with Crippen molar-refractivity contribution in [3.8, 4) is 0 Å². The maximum Gasteiger partial charge on any atom is 0.251 e. The summed E-state index contributed by atoms with van der Waals surface area (Å²) < 4.78 is 5.20. The lowest BCUT2D eigenvalue weighted by atomic mass is 10.1. The van der Waals surface area contributed by atoms with Gasteiger partial charge in [-0.25, -0.2) is 0 Å². The van der Waals surface area contributed by atoms with E-state index in [0.717, 1.165) is 11.3 Å². The van der Waals surface area contributed by atoms with Crippen LogP contribution in [0.1, 0.15) is 15.9 Å². The second-order valence-electron chi connectivity index (χ2n) is 5.19. The molecule has 0 heterocycles. The lowest BCUT2D eigenvalue weighted by Crippen LogP contribution is -2.39. The van der Waals surface area contributed by atoms with Crippen molar-refractivity contribution in [3.63, 3.8) is 0 Å². The van der Waals surface area contributed by atoms with Gasteiger partial charge < -0.3 is 21.5 Å². The number of amides is 1. The van der Waals surface area contributed by atoms with E-state index in [9.17, 15) is 4.79 Å². The first-order valence-corrected chi connectivity index (χ1v) is 7.08. The van der Waals surface area contributed by atoms with Crippen LogP contribution in [-0.4, -0.2) is 25.7 Å². The molecule has 0 aromatic heterocycles. The van der Waals surface area contributed by atoms with Gasteiger partial charge in [0, 0.05) is 24.0 Å². The van der Waals surface area contributed by atoms with Gasteiger partial charge in [0.1, 0.15) is 0 Å². The number of nitrogens with two attached hydrogens (primary N) is 2. The molecule has 2 aromatic carbocycles. The van der Waals surface area contributed by atoms with Crippen molar-refractivity contribution in [1.82, 2.24) is 5.32 Å². The smallest absolute Gasteiger partial charge is 0.251 e. The highest BCUT2D eigenvalue weighted by atomic mass is 16.5. The number of carbonyl (C=O) groups excluding carboxylic acids is 1. The van der Waals surface area contributed by atoms with Crippen molar-refractivity contribution in [1.29, 1.82) is 0 Å². The van der Waals surface area contributed by atoms with Crippen molar-refractivity contribution in [2.24, 2.45) is 0 Å². The van der Waals surface area contributed by atoms with Gasteiger partial charge in [-0.2, -0.15) is 0 Å². The fraction of sp³-hybridized carbons (Fsp3) is 0.235. The summed E-state index contributed by atoms with van der Waals surface area (Å²) in [6, 6.07) is 14.3. The average molecular weight is 299 g/mol. The van der Waals surface area contributed by atoms with E-state index in [0.29, 0.717) is 24.3 Å². The van der Waals surface area contributed by atoms with Gasteiger partial charge in [0.05, 0.1) is 12.6 Å². The second kappa shape index (κ2) is 7.47. The number of rotatable bonds is 6. The molecule has 0 spiro atoms. The van der Waals surface area contributed by atoms with Crippen LogP contribution in [0, 0.1) is 0 Å².